The Balaban J connectivity index is 2.81. The minimum atomic E-state index is -0.657. The Hall–Kier alpha value is -0.610. The second kappa shape index (κ2) is 7.85. The summed E-state index contributed by atoms with van der Waals surface area (Å²) >= 11 is 0. The van der Waals surface area contributed by atoms with Gasteiger partial charge >= 0.3 is 5.97 Å². The molecular weight excluding hydrogens is 240 g/mol. The van der Waals surface area contributed by atoms with Gasteiger partial charge < -0.3 is 10.0 Å². The van der Waals surface area contributed by atoms with Crippen LogP contribution in [0.2, 0.25) is 0 Å². The van der Waals surface area contributed by atoms with Gasteiger partial charge in [-0.05, 0) is 58.4 Å². The van der Waals surface area contributed by atoms with Crippen molar-refractivity contribution in [3.05, 3.63) is 0 Å². The number of rotatable bonds is 7. The van der Waals surface area contributed by atoms with Crippen LogP contribution in [0.1, 0.15) is 52.9 Å². The molecule has 112 valence electrons. The largest absolute Gasteiger partial charge is 0.481 e. The number of hydrogen-bond acceptors (Lipinski definition) is 3. The average Bonchev–Trinajstić information content (AvgIpc) is 2.54. The SMILES string of the molecule is CCCN1CCCC(CC(=O)O)(N(CC)CC)CC1. The van der Waals surface area contributed by atoms with Crippen molar-refractivity contribution in [3.8, 4) is 0 Å². The van der Waals surface area contributed by atoms with Crippen LogP contribution in [0.5, 0.6) is 0 Å². The van der Waals surface area contributed by atoms with Gasteiger partial charge in [-0.3, -0.25) is 9.69 Å². The molecule has 1 fully saturated rings. The zero-order chi connectivity index (χ0) is 14.3. The summed E-state index contributed by atoms with van der Waals surface area (Å²) in [6.45, 7) is 11.7. The fourth-order valence-electron chi connectivity index (χ4n) is 3.56. The lowest BCUT2D eigenvalue weighted by molar-refractivity contribution is -0.140. The lowest BCUT2D eigenvalue weighted by atomic mass is 9.85. The van der Waals surface area contributed by atoms with Crippen molar-refractivity contribution in [1.29, 1.82) is 0 Å². The van der Waals surface area contributed by atoms with Crippen LogP contribution in [0.15, 0.2) is 0 Å². The molecule has 0 aromatic rings. The van der Waals surface area contributed by atoms with Gasteiger partial charge in [0.05, 0.1) is 6.42 Å². The lowest BCUT2D eigenvalue weighted by Crippen LogP contribution is -2.50. The van der Waals surface area contributed by atoms with E-state index in [1.165, 1.54) is 6.42 Å². The van der Waals surface area contributed by atoms with Gasteiger partial charge in [0.15, 0.2) is 0 Å². The zero-order valence-electron chi connectivity index (χ0n) is 12.8. The molecule has 0 saturated carbocycles. The van der Waals surface area contributed by atoms with Crippen LogP contribution in [0.3, 0.4) is 0 Å². The summed E-state index contributed by atoms with van der Waals surface area (Å²) in [5.74, 6) is -0.657. The molecule has 19 heavy (non-hydrogen) atoms. The van der Waals surface area contributed by atoms with Crippen molar-refractivity contribution in [2.24, 2.45) is 0 Å². The van der Waals surface area contributed by atoms with Crippen LogP contribution < -0.4 is 0 Å². The molecule has 0 aromatic heterocycles. The lowest BCUT2D eigenvalue weighted by Gasteiger charge is -2.42. The molecule has 4 nitrogen and oxygen atoms in total. The summed E-state index contributed by atoms with van der Waals surface area (Å²) in [7, 11) is 0. The normalized spacial score (nSPS) is 25.5. The number of carboxylic acid groups (broad SMARTS) is 1. The molecule has 0 amide bonds. The first-order chi connectivity index (χ1) is 9.07. The number of likely N-dealkylation sites (tertiary alicyclic amines) is 1. The van der Waals surface area contributed by atoms with Crippen LogP contribution in [-0.4, -0.2) is 59.1 Å². The Bertz CT molecular complexity index is 279. The molecule has 1 N–H and O–H groups in total. The maximum Gasteiger partial charge on any atom is 0.305 e. The molecule has 0 aromatic carbocycles. The molecule has 1 saturated heterocycles. The molecule has 1 unspecified atom stereocenters. The van der Waals surface area contributed by atoms with Gasteiger partial charge in [0, 0.05) is 5.54 Å². The van der Waals surface area contributed by atoms with Crippen molar-refractivity contribution in [2.45, 2.75) is 58.4 Å². The first-order valence-corrected chi connectivity index (χ1v) is 7.77. The third-order valence-corrected chi connectivity index (χ3v) is 4.46. The number of nitrogens with zero attached hydrogens (tertiary/aromatic N) is 2. The second-order valence-electron chi connectivity index (χ2n) is 5.66. The van der Waals surface area contributed by atoms with Gasteiger partial charge in [-0.25, -0.2) is 0 Å². The molecule has 0 spiro atoms. The van der Waals surface area contributed by atoms with Gasteiger partial charge in [0.25, 0.3) is 0 Å². The van der Waals surface area contributed by atoms with E-state index >= 15 is 0 Å². The van der Waals surface area contributed by atoms with Gasteiger partial charge in [-0.1, -0.05) is 20.8 Å². The van der Waals surface area contributed by atoms with Crippen LogP contribution >= 0.6 is 0 Å². The summed E-state index contributed by atoms with van der Waals surface area (Å²) in [4.78, 5) is 16.2. The van der Waals surface area contributed by atoms with Gasteiger partial charge in [-0.15, -0.1) is 0 Å². The quantitative estimate of drug-likeness (QED) is 0.771. The van der Waals surface area contributed by atoms with Crippen molar-refractivity contribution < 1.29 is 9.90 Å². The second-order valence-corrected chi connectivity index (χ2v) is 5.66. The van der Waals surface area contributed by atoms with Crippen molar-refractivity contribution in [1.82, 2.24) is 9.80 Å². The van der Waals surface area contributed by atoms with Crippen molar-refractivity contribution in [3.63, 3.8) is 0 Å². The van der Waals surface area contributed by atoms with E-state index in [0.717, 1.165) is 52.0 Å². The predicted molar refractivity (Wildman–Crippen MR) is 78.5 cm³/mol. The fourth-order valence-corrected chi connectivity index (χ4v) is 3.56. The monoisotopic (exact) mass is 270 g/mol. The summed E-state index contributed by atoms with van der Waals surface area (Å²) in [6, 6.07) is 0. The smallest absolute Gasteiger partial charge is 0.305 e. The van der Waals surface area contributed by atoms with E-state index in [1.807, 2.05) is 0 Å². The Morgan fingerprint density at radius 3 is 2.42 bits per heavy atom. The number of hydrogen-bond donors (Lipinski definition) is 1. The van der Waals surface area contributed by atoms with E-state index in [1.54, 1.807) is 0 Å². The molecule has 1 atom stereocenters. The molecule has 0 bridgehead atoms. The van der Waals surface area contributed by atoms with E-state index in [0.29, 0.717) is 0 Å². The minimum absolute atomic E-state index is 0.127. The summed E-state index contributed by atoms with van der Waals surface area (Å²) in [6.07, 6.45) is 4.58. The molecular formula is C15H30N2O2. The highest BCUT2D eigenvalue weighted by Crippen LogP contribution is 2.32. The van der Waals surface area contributed by atoms with Gasteiger partial charge in [0.1, 0.15) is 0 Å². The van der Waals surface area contributed by atoms with E-state index < -0.39 is 5.97 Å². The van der Waals surface area contributed by atoms with Crippen LogP contribution in [0.25, 0.3) is 0 Å². The Morgan fingerprint density at radius 1 is 1.21 bits per heavy atom. The summed E-state index contributed by atoms with van der Waals surface area (Å²) < 4.78 is 0. The van der Waals surface area contributed by atoms with Crippen molar-refractivity contribution >= 4 is 5.97 Å². The highest BCUT2D eigenvalue weighted by molar-refractivity contribution is 5.68. The Morgan fingerprint density at radius 2 is 1.89 bits per heavy atom. The number of carbonyl (C=O) groups is 1. The van der Waals surface area contributed by atoms with Crippen LogP contribution in [0.4, 0.5) is 0 Å². The van der Waals surface area contributed by atoms with Crippen LogP contribution in [0, 0.1) is 0 Å². The van der Waals surface area contributed by atoms with Crippen molar-refractivity contribution in [2.75, 3.05) is 32.7 Å². The predicted octanol–water partition coefficient (Wildman–Crippen LogP) is 2.44. The van der Waals surface area contributed by atoms with E-state index in [2.05, 4.69) is 30.6 Å². The molecule has 0 aliphatic carbocycles. The third-order valence-electron chi connectivity index (χ3n) is 4.46. The summed E-state index contributed by atoms with van der Waals surface area (Å²) in [5.41, 5.74) is -0.127. The Kier molecular flexibility index (Phi) is 6.80. The number of aliphatic carboxylic acids is 1. The standard InChI is InChI=1S/C15H30N2O2/c1-4-10-16-11-7-8-15(9-12-16,13-14(18)19)17(5-2)6-3/h4-13H2,1-3H3,(H,18,19). The maximum atomic E-state index is 11.3. The number of carboxylic acids is 1. The molecule has 1 aliphatic rings. The minimum Gasteiger partial charge on any atom is -0.481 e. The molecule has 1 aliphatic heterocycles. The van der Waals surface area contributed by atoms with E-state index in [9.17, 15) is 9.90 Å². The van der Waals surface area contributed by atoms with E-state index in [4.69, 9.17) is 0 Å². The molecule has 1 rings (SSSR count). The first kappa shape index (κ1) is 16.4. The highest BCUT2D eigenvalue weighted by Gasteiger charge is 2.38. The highest BCUT2D eigenvalue weighted by atomic mass is 16.4. The fraction of sp³-hybridized carbons (Fsp3) is 0.933. The third kappa shape index (κ3) is 4.46. The molecule has 1 heterocycles. The average molecular weight is 270 g/mol. The Labute approximate surface area is 117 Å². The zero-order valence-corrected chi connectivity index (χ0v) is 12.8. The summed E-state index contributed by atoms with van der Waals surface area (Å²) in [5, 5.41) is 9.29. The molecule has 0 radical (unpaired) electrons. The maximum absolute atomic E-state index is 11.3. The molecule has 4 heteroatoms. The van der Waals surface area contributed by atoms with E-state index in [-0.39, 0.29) is 12.0 Å². The van der Waals surface area contributed by atoms with Gasteiger partial charge in [-0.2, -0.15) is 0 Å². The first-order valence-electron chi connectivity index (χ1n) is 7.77. The van der Waals surface area contributed by atoms with Gasteiger partial charge in [0.2, 0.25) is 0 Å². The van der Waals surface area contributed by atoms with Crippen LogP contribution in [-0.2, 0) is 4.79 Å². The topological polar surface area (TPSA) is 43.8 Å².